The first kappa shape index (κ1) is 27.7. The number of carbonyl (C=O) groups is 3. The van der Waals surface area contributed by atoms with Crippen LogP contribution in [0, 0.1) is 0 Å². The van der Waals surface area contributed by atoms with Crippen molar-refractivity contribution in [2.24, 2.45) is 0 Å². The van der Waals surface area contributed by atoms with Crippen molar-refractivity contribution in [2.75, 3.05) is 13.2 Å². The van der Waals surface area contributed by atoms with E-state index in [0.717, 1.165) is 0 Å². The molecule has 0 unspecified atom stereocenters. The molecule has 1 aliphatic heterocycles. The van der Waals surface area contributed by atoms with E-state index in [4.69, 9.17) is 23.7 Å². The summed E-state index contributed by atoms with van der Waals surface area (Å²) in [7, 11) is 0. The standard InChI is InChI=1S/C30H28O9/c1-2-18-35-30-26(39-29(34)22-16-10-5-11-17-22)25(38-28(33)21-14-8-4-9-15-21)24(23(19-31)36-30)37-27(32)20-12-6-3-7-13-20/h2-17,23-26,30-31H,1,18-19H2/t23-,24-,25+,26-,30+/m1/s1. The molecule has 1 aliphatic rings. The van der Waals surface area contributed by atoms with Crippen molar-refractivity contribution in [3.05, 3.63) is 120 Å². The van der Waals surface area contributed by atoms with Gasteiger partial charge in [-0.3, -0.25) is 0 Å². The topological polar surface area (TPSA) is 118 Å². The van der Waals surface area contributed by atoms with E-state index in [-0.39, 0.29) is 23.3 Å². The van der Waals surface area contributed by atoms with Crippen molar-refractivity contribution in [3.8, 4) is 0 Å². The molecule has 0 radical (unpaired) electrons. The Morgan fingerprint density at radius 3 is 1.51 bits per heavy atom. The molecular formula is C30H28O9. The van der Waals surface area contributed by atoms with Crippen molar-refractivity contribution in [2.45, 2.75) is 30.7 Å². The highest BCUT2D eigenvalue weighted by atomic mass is 16.7. The molecule has 0 bridgehead atoms. The zero-order valence-corrected chi connectivity index (χ0v) is 21.0. The quantitative estimate of drug-likeness (QED) is 0.237. The fraction of sp³-hybridized carbons (Fsp3) is 0.233. The molecule has 39 heavy (non-hydrogen) atoms. The Balaban J connectivity index is 1.71. The molecule has 3 aromatic carbocycles. The maximum atomic E-state index is 13.2. The smallest absolute Gasteiger partial charge is 0.338 e. The minimum absolute atomic E-state index is 0.00394. The maximum Gasteiger partial charge on any atom is 0.338 e. The van der Waals surface area contributed by atoms with E-state index in [2.05, 4.69) is 6.58 Å². The lowest BCUT2D eigenvalue weighted by molar-refractivity contribution is -0.296. The summed E-state index contributed by atoms with van der Waals surface area (Å²) < 4.78 is 28.9. The number of benzene rings is 3. The second kappa shape index (κ2) is 13.5. The summed E-state index contributed by atoms with van der Waals surface area (Å²) >= 11 is 0. The van der Waals surface area contributed by atoms with Gasteiger partial charge in [-0.05, 0) is 36.4 Å². The van der Waals surface area contributed by atoms with Gasteiger partial charge in [0.1, 0.15) is 6.10 Å². The van der Waals surface area contributed by atoms with Crippen molar-refractivity contribution >= 4 is 17.9 Å². The van der Waals surface area contributed by atoms with Gasteiger partial charge in [0.25, 0.3) is 0 Å². The Hall–Kier alpha value is -4.31. The lowest BCUT2D eigenvalue weighted by atomic mass is 9.97. The van der Waals surface area contributed by atoms with Crippen LogP contribution in [0.15, 0.2) is 104 Å². The largest absolute Gasteiger partial charge is 0.452 e. The van der Waals surface area contributed by atoms with Gasteiger partial charge >= 0.3 is 17.9 Å². The third-order valence-corrected chi connectivity index (χ3v) is 5.91. The molecule has 3 aromatic rings. The Morgan fingerprint density at radius 2 is 1.10 bits per heavy atom. The van der Waals surface area contributed by atoms with Crippen molar-refractivity contribution < 1.29 is 43.2 Å². The molecule has 0 aromatic heterocycles. The number of hydrogen-bond donors (Lipinski definition) is 1. The normalized spacial score (nSPS) is 22.3. The van der Waals surface area contributed by atoms with Crippen LogP contribution in [0.3, 0.4) is 0 Å². The van der Waals surface area contributed by atoms with E-state index in [9.17, 15) is 19.5 Å². The molecule has 0 aliphatic carbocycles. The second-order valence-corrected chi connectivity index (χ2v) is 8.56. The summed E-state index contributed by atoms with van der Waals surface area (Å²) in [4.78, 5) is 39.3. The maximum absolute atomic E-state index is 13.2. The van der Waals surface area contributed by atoms with Gasteiger partial charge in [-0.15, -0.1) is 6.58 Å². The van der Waals surface area contributed by atoms with Gasteiger partial charge in [-0.2, -0.15) is 0 Å². The fourth-order valence-corrected chi connectivity index (χ4v) is 4.02. The Labute approximate surface area is 225 Å². The van der Waals surface area contributed by atoms with Crippen LogP contribution >= 0.6 is 0 Å². The summed E-state index contributed by atoms with van der Waals surface area (Å²) in [6.45, 7) is 3.00. The van der Waals surface area contributed by atoms with Crippen molar-refractivity contribution in [1.29, 1.82) is 0 Å². The first-order valence-corrected chi connectivity index (χ1v) is 12.3. The van der Waals surface area contributed by atoms with E-state index >= 15 is 0 Å². The molecule has 4 rings (SSSR count). The number of hydrogen-bond acceptors (Lipinski definition) is 9. The highest BCUT2D eigenvalue weighted by Crippen LogP contribution is 2.31. The van der Waals surface area contributed by atoms with E-state index in [1.807, 2.05) is 0 Å². The predicted molar refractivity (Wildman–Crippen MR) is 139 cm³/mol. The predicted octanol–water partition coefficient (Wildman–Crippen LogP) is 3.58. The van der Waals surface area contributed by atoms with Crippen molar-refractivity contribution in [3.63, 3.8) is 0 Å². The highest BCUT2D eigenvalue weighted by Gasteiger charge is 2.53. The first-order chi connectivity index (χ1) is 19.0. The third-order valence-electron chi connectivity index (χ3n) is 5.91. The van der Waals surface area contributed by atoms with Crippen LogP contribution in [-0.2, 0) is 23.7 Å². The van der Waals surface area contributed by atoms with Crippen LogP contribution in [0.5, 0.6) is 0 Å². The fourth-order valence-electron chi connectivity index (χ4n) is 4.02. The molecule has 5 atom stereocenters. The van der Waals surface area contributed by atoms with Crippen LogP contribution < -0.4 is 0 Å². The number of ether oxygens (including phenoxy) is 5. The lowest BCUT2D eigenvalue weighted by Gasteiger charge is -2.44. The summed E-state index contributed by atoms with van der Waals surface area (Å²) in [6.07, 6.45) is -5.13. The SMILES string of the molecule is C=CCO[C@H]1O[C@H](CO)[C@@H](OC(=O)c2ccccc2)[C@H](OC(=O)c2ccccc2)[C@H]1OC(=O)c1ccccc1. The Kier molecular flexibility index (Phi) is 9.58. The van der Waals surface area contributed by atoms with Gasteiger partial charge in [0.05, 0.1) is 29.9 Å². The van der Waals surface area contributed by atoms with Crippen LogP contribution in [0.4, 0.5) is 0 Å². The van der Waals surface area contributed by atoms with Crippen LogP contribution in [0.2, 0.25) is 0 Å². The molecule has 0 amide bonds. The van der Waals surface area contributed by atoms with Gasteiger partial charge in [-0.1, -0.05) is 60.7 Å². The molecular weight excluding hydrogens is 504 g/mol. The lowest BCUT2D eigenvalue weighted by Crippen LogP contribution is -2.63. The minimum atomic E-state index is -1.40. The summed E-state index contributed by atoms with van der Waals surface area (Å²) in [5.41, 5.74) is 0.676. The average Bonchev–Trinajstić information content (AvgIpc) is 2.99. The van der Waals surface area contributed by atoms with Gasteiger partial charge in [0.2, 0.25) is 0 Å². The molecule has 1 N–H and O–H groups in total. The van der Waals surface area contributed by atoms with Gasteiger partial charge in [0.15, 0.2) is 24.6 Å². The number of carbonyl (C=O) groups excluding carboxylic acids is 3. The van der Waals surface area contributed by atoms with Crippen LogP contribution in [0.25, 0.3) is 0 Å². The van der Waals surface area contributed by atoms with E-state index < -0.39 is 55.2 Å². The monoisotopic (exact) mass is 532 g/mol. The van der Waals surface area contributed by atoms with Crippen molar-refractivity contribution in [1.82, 2.24) is 0 Å². The molecule has 9 heteroatoms. The molecule has 202 valence electrons. The summed E-state index contributed by atoms with van der Waals surface area (Å²) in [5, 5.41) is 10.2. The van der Waals surface area contributed by atoms with E-state index in [0.29, 0.717) is 0 Å². The number of aliphatic hydroxyl groups excluding tert-OH is 1. The second-order valence-electron chi connectivity index (χ2n) is 8.56. The number of rotatable bonds is 10. The molecule has 1 saturated heterocycles. The molecule has 0 saturated carbocycles. The van der Waals surface area contributed by atoms with Gasteiger partial charge in [0, 0.05) is 0 Å². The molecule has 1 fully saturated rings. The Bertz CT molecular complexity index is 1250. The van der Waals surface area contributed by atoms with Gasteiger partial charge in [-0.25, -0.2) is 14.4 Å². The number of esters is 3. The van der Waals surface area contributed by atoms with E-state index in [1.165, 1.54) is 6.08 Å². The third kappa shape index (κ3) is 6.97. The van der Waals surface area contributed by atoms with Gasteiger partial charge < -0.3 is 28.8 Å². The minimum Gasteiger partial charge on any atom is -0.452 e. The summed E-state index contributed by atoms with van der Waals surface area (Å²) in [6, 6.07) is 24.5. The molecule has 9 nitrogen and oxygen atoms in total. The average molecular weight is 533 g/mol. The van der Waals surface area contributed by atoms with Crippen LogP contribution in [-0.4, -0.2) is 66.9 Å². The molecule has 0 spiro atoms. The summed E-state index contributed by atoms with van der Waals surface area (Å²) in [5.74, 6) is -2.25. The van der Waals surface area contributed by atoms with Crippen LogP contribution in [0.1, 0.15) is 31.1 Å². The number of aliphatic hydroxyl groups is 1. The van der Waals surface area contributed by atoms with E-state index in [1.54, 1.807) is 91.0 Å². The first-order valence-electron chi connectivity index (χ1n) is 12.3. The highest BCUT2D eigenvalue weighted by molar-refractivity contribution is 5.91. The molecule has 1 heterocycles. The zero-order valence-electron chi connectivity index (χ0n) is 21.0. The zero-order chi connectivity index (χ0) is 27.6. The Morgan fingerprint density at radius 1 is 0.692 bits per heavy atom.